The molecule has 0 saturated heterocycles. The van der Waals surface area contributed by atoms with Gasteiger partial charge in [0.2, 0.25) is 0 Å². The third-order valence-corrected chi connectivity index (χ3v) is 1.36. The molecular weight excluding hydrogens is 211 g/mol. The molecule has 0 atom stereocenters. The van der Waals surface area contributed by atoms with E-state index in [4.69, 9.17) is 0 Å². The van der Waals surface area contributed by atoms with Crippen LogP contribution < -0.4 is 0 Å². The first-order valence-corrected chi connectivity index (χ1v) is 3.24. The summed E-state index contributed by atoms with van der Waals surface area (Å²) in [6.45, 7) is 0. The molecule has 1 rings (SSSR count). The molecular formula is C6H3F5N2O. The fraction of sp³-hybridized carbons (Fsp3) is 0.333. The van der Waals surface area contributed by atoms with Crippen molar-refractivity contribution in [1.29, 1.82) is 0 Å². The van der Waals surface area contributed by atoms with Crippen LogP contribution in [0.25, 0.3) is 0 Å². The maximum absolute atomic E-state index is 12.4. The Hall–Kier alpha value is -1.47. The van der Waals surface area contributed by atoms with Crippen LogP contribution in [0.2, 0.25) is 0 Å². The lowest BCUT2D eigenvalue weighted by Crippen LogP contribution is -2.46. The quantitative estimate of drug-likeness (QED) is 0.667. The molecule has 0 spiro atoms. The maximum Gasteiger partial charge on any atom is 0.463 e. The fourth-order valence-electron chi connectivity index (χ4n) is 0.663. The van der Waals surface area contributed by atoms with Gasteiger partial charge in [-0.3, -0.25) is 9.36 Å². The molecule has 0 unspecified atom stereocenters. The maximum atomic E-state index is 12.4. The lowest BCUT2D eigenvalue weighted by molar-refractivity contribution is -0.257. The van der Waals surface area contributed by atoms with Gasteiger partial charge in [-0.15, -0.1) is 0 Å². The number of aromatic nitrogens is 2. The molecule has 0 bridgehead atoms. The molecule has 0 aliphatic rings. The van der Waals surface area contributed by atoms with Crippen molar-refractivity contribution in [2.24, 2.45) is 0 Å². The topological polar surface area (TPSA) is 34.9 Å². The number of hydrogen-bond donors (Lipinski definition) is 0. The number of alkyl halides is 5. The Morgan fingerprint density at radius 2 is 1.79 bits per heavy atom. The SMILES string of the molecule is O=C(n1ccnc1)C(F)(F)C(F)(F)F. The Bertz CT molecular complexity index is 328. The highest BCUT2D eigenvalue weighted by atomic mass is 19.4. The summed E-state index contributed by atoms with van der Waals surface area (Å²) in [4.78, 5) is 13.8. The van der Waals surface area contributed by atoms with Gasteiger partial charge in [0.25, 0.3) is 0 Å². The first kappa shape index (κ1) is 10.6. The second-order valence-electron chi connectivity index (χ2n) is 2.35. The van der Waals surface area contributed by atoms with Crippen LogP contribution in [0.3, 0.4) is 0 Å². The molecule has 0 saturated carbocycles. The van der Waals surface area contributed by atoms with Crippen LogP contribution in [0.4, 0.5) is 22.0 Å². The zero-order chi connectivity index (χ0) is 11.0. The van der Waals surface area contributed by atoms with Crippen molar-refractivity contribution in [3.63, 3.8) is 0 Å². The van der Waals surface area contributed by atoms with Gasteiger partial charge in [-0.1, -0.05) is 0 Å². The predicted molar refractivity (Wildman–Crippen MR) is 33.9 cm³/mol. The Morgan fingerprint density at radius 1 is 1.21 bits per heavy atom. The molecule has 0 N–H and O–H groups in total. The van der Waals surface area contributed by atoms with Crippen LogP contribution >= 0.6 is 0 Å². The third kappa shape index (κ3) is 1.59. The molecule has 1 aromatic rings. The zero-order valence-corrected chi connectivity index (χ0v) is 6.42. The molecule has 78 valence electrons. The Labute approximate surface area is 74.2 Å². The molecule has 1 heterocycles. The van der Waals surface area contributed by atoms with Crippen LogP contribution in [0.1, 0.15) is 4.79 Å². The minimum Gasteiger partial charge on any atom is -0.271 e. The average Bonchev–Trinajstić information content (AvgIpc) is 2.52. The predicted octanol–water partition coefficient (Wildman–Crippen LogP) is 1.72. The summed E-state index contributed by atoms with van der Waals surface area (Å²) in [6.07, 6.45) is -3.69. The van der Waals surface area contributed by atoms with E-state index in [9.17, 15) is 26.7 Å². The fourth-order valence-corrected chi connectivity index (χ4v) is 0.663. The first-order valence-electron chi connectivity index (χ1n) is 3.24. The minimum absolute atomic E-state index is 0.0769. The molecule has 0 amide bonds. The lowest BCUT2D eigenvalue weighted by atomic mass is 10.3. The number of hydrogen-bond acceptors (Lipinski definition) is 2. The summed E-state index contributed by atoms with van der Waals surface area (Å²) < 4.78 is 59.8. The number of rotatable bonds is 1. The molecule has 1 aromatic heterocycles. The monoisotopic (exact) mass is 214 g/mol. The van der Waals surface area contributed by atoms with E-state index in [2.05, 4.69) is 4.98 Å². The number of carbonyl (C=O) groups excluding carboxylic acids is 1. The average molecular weight is 214 g/mol. The normalized spacial score (nSPS) is 12.9. The van der Waals surface area contributed by atoms with Gasteiger partial charge in [-0.2, -0.15) is 22.0 Å². The molecule has 0 radical (unpaired) electrons. The van der Waals surface area contributed by atoms with E-state index in [0.29, 0.717) is 12.5 Å². The van der Waals surface area contributed by atoms with E-state index < -0.39 is 18.0 Å². The number of nitrogens with zero attached hydrogens (tertiary/aromatic N) is 2. The highest BCUT2D eigenvalue weighted by molar-refractivity contribution is 5.86. The highest BCUT2D eigenvalue weighted by Crippen LogP contribution is 2.36. The van der Waals surface area contributed by atoms with Gasteiger partial charge >= 0.3 is 18.0 Å². The molecule has 8 heteroatoms. The zero-order valence-electron chi connectivity index (χ0n) is 6.42. The standard InChI is InChI=1S/C6H3F5N2O/c7-5(8,6(9,10)11)4(14)13-2-1-12-3-13/h1-3H. The van der Waals surface area contributed by atoms with Gasteiger partial charge in [0, 0.05) is 12.4 Å². The van der Waals surface area contributed by atoms with Crippen molar-refractivity contribution in [1.82, 2.24) is 9.55 Å². The van der Waals surface area contributed by atoms with Crippen LogP contribution in [0, 0.1) is 0 Å². The van der Waals surface area contributed by atoms with E-state index in [1.807, 2.05) is 0 Å². The number of imidazole rings is 1. The molecule has 14 heavy (non-hydrogen) atoms. The minimum atomic E-state index is -5.89. The molecule has 0 aliphatic heterocycles. The summed E-state index contributed by atoms with van der Waals surface area (Å²) >= 11 is 0. The third-order valence-electron chi connectivity index (χ3n) is 1.36. The smallest absolute Gasteiger partial charge is 0.271 e. The molecule has 0 fully saturated rings. The van der Waals surface area contributed by atoms with Gasteiger partial charge in [-0.25, -0.2) is 4.98 Å². The van der Waals surface area contributed by atoms with E-state index in [1.165, 1.54) is 0 Å². The van der Waals surface area contributed by atoms with Crippen molar-refractivity contribution < 1.29 is 26.7 Å². The lowest BCUT2D eigenvalue weighted by Gasteiger charge is -2.17. The van der Waals surface area contributed by atoms with E-state index in [0.717, 1.165) is 6.20 Å². The summed E-state index contributed by atoms with van der Waals surface area (Å²) in [5, 5.41) is 0. The summed E-state index contributed by atoms with van der Waals surface area (Å²) in [7, 11) is 0. The Kier molecular flexibility index (Phi) is 2.30. The second kappa shape index (κ2) is 3.03. The van der Waals surface area contributed by atoms with Crippen LogP contribution in [0.15, 0.2) is 18.7 Å². The van der Waals surface area contributed by atoms with E-state index in [1.54, 1.807) is 0 Å². The Balaban J connectivity index is 3.01. The van der Waals surface area contributed by atoms with Crippen LogP contribution in [0.5, 0.6) is 0 Å². The van der Waals surface area contributed by atoms with Gasteiger partial charge in [0.1, 0.15) is 6.33 Å². The van der Waals surface area contributed by atoms with Crippen LogP contribution in [-0.2, 0) is 0 Å². The van der Waals surface area contributed by atoms with Crippen molar-refractivity contribution in [3.8, 4) is 0 Å². The molecule has 0 aliphatic carbocycles. The van der Waals surface area contributed by atoms with Gasteiger partial charge in [0.15, 0.2) is 0 Å². The first-order chi connectivity index (χ1) is 6.27. The van der Waals surface area contributed by atoms with E-state index >= 15 is 0 Å². The van der Waals surface area contributed by atoms with Gasteiger partial charge in [0.05, 0.1) is 0 Å². The number of carbonyl (C=O) groups is 1. The van der Waals surface area contributed by atoms with Crippen molar-refractivity contribution >= 4 is 5.91 Å². The summed E-state index contributed by atoms with van der Waals surface area (Å²) in [6, 6.07) is 0. The largest absolute Gasteiger partial charge is 0.463 e. The number of halogens is 5. The highest BCUT2D eigenvalue weighted by Gasteiger charge is 2.63. The van der Waals surface area contributed by atoms with Crippen molar-refractivity contribution in [3.05, 3.63) is 18.7 Å². The summed E-state index contributed by atoms with van der Waals surface area (Å²) in [5.74, 6) is -7.77. The van der Waals surface area contributed by atoms with Gasteiger partial charge in [-0.05, 0) is 0 Å². The van der Waals surface area contributed by atoms with Crippen molar-refractivity contribution in [2.45, 2.75) is 12.1 Å². The van der Waals surface area contributed by atoms with Crippen molar-refractivity contribution in [2.75, 3.05) is 0 Å². The molecule has 3 nitrogen and oxygen atoms in total. The van der Waals surface area contributed by atoms with E-state index in [-0.39, 0.29) is 4.57 Å². The van der Waals surface area contributed by atoms with Crippen LogP contribution in [-0.4, -0.2) is 27.6 Å². The Morgan fingerprint density at radius 3 is 2.14 bits per heavy atom. The summed E-state index contributed by atoms with van der Waals surface area (Å²) in [5.41, 5.74) is 0. The second-order valence-corrected chi connectivity index (χ2v) is 2.35. The van der Waals surface area contributed by atoms with Gasteiger partial charge < -0.3 is 0 Å². The molecule has 0 aromatic carbocycles.